The van der Waals surface area contributed by atoms with Crippen LogP contribution in [0.15, 0.2) is 48.0 Å². The van der Waals surface area contributed by atoms with Crippen molar-refractivity contribution in [1.29, 1.82) is 0 Å². The Labute approximate surface area is 160 Å². The zero-order valence-corrected chi connectivity index (χ0v) is 15.4. The highest BCUT2D eigenvalue weighted by Gasteiger charge is 2.35. The van der Waals surface area contributed by atoms with Crippen molar-refractivity contribution in [2.45, 2.75) is 0 Å². The lowest BCUT2D eigenvalue weighted by atomic mass is 10.1. The number of methoxy groups -OCH3 is 2. The van der Waals surface area contributed by atoms with Gasteiger partial charge >= 0.3 is 0 Å². The van der Waals surface area contributed by atoms with E-state index >= 15 is 0 Å². The minimum Gasteiger partial charge on any atom is -0.508 e. The first-order valence-electron chi connectivity index (χ1n) is 7.87. The number of ether oxygens (including phenoxy) is 2. The molecular formula is C19H16N2O5S. The number of benzene rings is 2. The quantitative estimate of drug-likeness (QED) is 0.478. The molecule has 27 heavy (non-hydrogen) atoms. The molecule has 8 heteroatoms. The molecular weight excluding hydrogens is 368 g/mol. The van der Waals surface area contributed by atoms with Gasteiger partial charge in [-0.15, -0.1) is 0 Å². The first kappa shape index (κ1) is 18.4. The largest absolute Gasteiger partial charge is 0.508 e. The second-order valence-electron chi connectivity index (χ2n) is 5.59. The third-order valence-corrected chi connectivity index (χ3v) is 4.22. The minimum absolute atomic E-state index is 0.0451. The normalized spacial score (nSPS) is 15.7. The van der Waals surface area contributed by atoms with E-state index in [1.165, 1.54) is 37.3 Å². The monoisotopic (exact) mass is 384 g/mol. The Morgan fingerprint density at radius 1 is 1.07 bits per heavy atom. The summed E-state index contributed by atoms with van der Waals surface area (Å²) < 4.78 is 10.5. The number of phenols is 1. The summed E-state index contributed by atoms with van der Waals surface area (Å²) in [6.07, 6.45) is 1.43. The van der Waals surface area contributed by atoms with Gasteiger partial charge in [-0.25, -0.2) is 4.90 Å². The summed E-state index contributed by atoms with van der Waals surface area (Å²) in [5.41, 5.74) is 0.873. The van der Waals surface area contributed by atoms with Crippen molar-refractivity contribution in [3.8, 4) is 17.2 Å². The lowest BCUT2D eigenvalue weighted by molar-refractivity contribution is -0.122. The van der Waals surface area contributed by atoms with E-state index in [0.717, 1.165) is 0 Å². The molecule has 2 N–H and O–H groups in total. The van der Waals surface area contributed by atoms with Gasteiger partial charge in [0.2, 0.25) is 0 Å². The number of nitrogens with one attached hydrogen (secondary N) is 1. The van der Waals surface area contributed by atoms with E-state index in [1.807, 2.05) is 0 Å². The molecule has 2 aromatic carbocycles. The molecule has 0 saturated carbocycles. The van der Waals surface area contributed by atoms with Crippen LogP contribution in [0.4, 0.5) is 5.69 Å². The Kier molecular flexibility index (Phi) is 5.09. The van der Waals surface area contributed by atoms with E-state index in [2.05, 4.69) is 5.32 Å². The number of nitrogens with zero attached hydrogens (tertiary/aromatic N) is 1. The van der Waals surface area contributed by atoms with Crippen LogP contribution in [0, 0.1) is 0 Å². The highest BCUT2D eigenvalue weighted by Crippen LogP contribution is 2.34. The van der Waals surface area contributed by atoms with Crippen molar-refractivity contribution in [3.63, 3.8) is 0 Å². The van der Waals surface area contributed by atoms with Gasteiger partial charge in [0, 0.05) is 6.07 Å². The Morgan fingerprint density at radius 2 is 1.78 bits per heavy atom. The van der Waals surface area contributed by atoms with Gasteiger partial charge in [0.1, 0.15) is 22.8 Å². The van der Waals surface area contributed by atoms with Crippen LogP contribution in [-0.4, -0.2) is 36.3 Å². The molecule has 0 atom stereocenters. The number of hydrogen-bond donors (Lipinski definition) is 2. The number of hydrogen-bond acceptors (Lipinski definition) is 6. The number of anilines is 1. The second kappa shape index (κ2) is 7.46. The molecule has 1 aliphatic rings. The summed E-state index contributed by atoms with van der Waals surface area (Å²) >= 11 is 5.19. The Balaban J connectivity index is 2.04. The smallest absolute Gasteiger partial charge is 0.270 e. The molecule has 1 aliphatic heterocycles. The molecule has 0 spiro atoms. The van der Waals surface area contributed by atoms with Gasteiger partial charge in [-0.1, -0.05) is 12.1 Å². The van der Waals surface area contributed by atoms with Gasteiger partial charge in [0.25, 0.3) is 11.8 Å². The van der Waals surface area contributed by atoms with Crippen LogP contribution >= 0.6 is 12.2 Å². The molecule has 3 rings (SSSR count). The zero-order valence-electron chi connectivity index (χ0n) is 14.6. The van der Waals surface area contributed by atoms with Crippen LogP contribution in [0.1, 0.15) is 5.56 Å². The lowest BCUT2D eigenvalue weighted by Crippen LogP contribution is -2.54. The number of rotatable bonds is 4. The lowest BCUT2D eigenvalue weighted by Gasteiger charge is -2.30. The average Bonchev–Trinajstić information content (AvgIpc) is 2.66. The zero-order chi connectivity index (χ0) is 19.6. The third kappa shape index (κ3) is 3.61. The number of carbonyl (C=O) groups is 2. The minimum atomic E-state index is -0.596. The fourth-order valence-corrected chi connectivity index (χ4v) is 2.86. The maximum Gasteiger partial charge on any atom is 0.270 e. The van der Waals surface area contributed by atoms with E-state index in [1.54, 1.807) is 30.3 Å². The summed E-state index contributed by atoms with van der Waals surface area (Å²) in [4.78, 5) is 26.5. The highest BCUT2D eigenvalue weighted by atomic mass is 32.1. The molecule has 7 nitrogen and oxygen atoms in total. The van der Waals surface area contributed by atoms with E-state index in [0.29, 0.717) is 22.7 Å². The summed E-state index contributed by atoms with van der Waals surface area (Å²) in [5.74, 6) is -0.176. The summed E-state index contributed by atoms with van der Waals surface area (Å²) in [6, 6.07) is 11.0. The summed E-state index contributed by atoms with van der Waals surface area (Å²) in [5, 5.41) is 11.8. The van der Waals surface area contributed by atoms with Crippen molar-refractivity contribution in [2.24, 2.45) is 0 Å². The van der Waals surface area contributed by atoms with Gasteiger partial charge in [0.05, 0.1) is 19.9 Å². The number of carbonyl (C=O) groups excluding carboxylic acids is 2. The molecule has 1 saturated heterocycles. The van der Waals surface area contributed by atoms with Gasteiger partial charge < -0.3 is 14.6 Å². The van der Waals surface area contributed by atoms with Crippen molar-refractivity contribution < 1.29 is 24.2 Å². The predicted octanol–water partition coefficient (Wildman–Crippen LogP) is 2.24. The van der Waals surface area contributed by atoms with E-state index in [4.69, 9.17) is 21.7 Å². The maximum atomic E-state index is 13.0. The number of phenolic OH excluding ortho intramolecular Hbond substituents is 1. The van der Waals surface area contributed by atoms with Crippen LogP contribution in [0.25, 0.3) is 6.08 Å². The Hall–Kier alpha value is -3.39. The van der Waals surface area contributed by atoms with Crippen LogP contribution in [0.5, 0.6) is 17.2 Å². The molecule has 138 valence electrons. The number of amides is 2. The molecule has 2 aromatic rings. The standard InChI is InChI=1S/C19H16N2O5S/c1-25-13-7-8-15(16(10-13)26-2)21-18(24)14(17(23)20-19(21)27)9-11-3-5-12(22)6-4-11/h3-10,22H,1-2H3,(H,20,23,27)/b14-9+. The molecule has 1 heterocycles. The molecule has 1 fully saturated rings. The molecule has 0 aliphatic carbocycles. The van der Waals surface area contributed by atoms with Crippen molar-refractivity contribution in [1.82, 2.24) is 5.32 Å². The van der Waals surface area contributed by atoms with Crippen LogP contribution in [0.2, 0.25) is 0 Å². The fraction of sp³-hybridized carbons (Fsp3) is 0.105. The summed E-state index contributed by atoms with van der Waals surface area (Å²) in [7, 11) is 2.98. The second-order valence-corrected chi connectivity index (χ2v) is 5.97. The Morgan fingerprint density at radius 3 is 2.41 bits per heavy atom. The number of thiocarbonyl (C=S) groups is 1. The topological polar surface area (TPSA) is 88.1 Å². The molecule has 0 unspecified atom stereocenters. The van der Waals surface area contributed by atoms with Crippen LogP contribution in [0.3, 0.4) is 0 Å². The molecule has 0 bridgehead atoms. The highest BCUT2D eigenvalue weighted by molar-refractivity contribution is 7.80. The summed E-state index contributed by atoms with van der Waals surface area (Å²) in [6.45, 7) is 0. The maximum absolute atomic E-state index is 13.0. The first-order chi connectivity index (χ1) is 12.9. The Bertz CT molecular complexity index is 953. The van der Waals surface area contributed by atoms with Crippen LogP contribution < -0.4 is 19.7 Å². The predicted molar refractivity (Wildman–Crippen MR) is 104 cm³/mol. The van der Waals surface area contributed by atoms with Crippen molar-refractivity contribution >= 4 is 40.9 Å². The SMILES string of the molecule is COc1ccc(N2C(=O)/C(=C/c3ccc(O)cc3)C(=O)NC2=S)c(OC)c1. The number of aromatic hydroxyl groups is 1. The van der Waals surface area contributed by atoms with E-state index < -0.39 is 11.8 Å². The van der Waals surface area contributed by atoms with Gasteiger partial charge in [-0.2, -0.15) is 0 Å². The molecule has 0 aromatic heterocycles. The van der Waals surface area contributed by atoms with Gasteiger partial charge in [-0.3, -0.25) is 14.9 Å². The van der Waals surface area contributed by atoms with Crippen molar-refractivity contribution in [2.75, 3.05) is 19.1 Å². The molecule has 0 radical (unpaired) electrons. The van der Waals surface area contributed by atoms with E-state index in [9.17, 15) is 14.7 Å². The van der Waals surface area contributed by atoms with Crippen molar-refractivity contribution in [3.05, 3.63) is 53.6 Å². The van der Waals surface area contributed by atoms with Gasteiger partial charge in [0.15, 0.2) is 5.11 Å². The average molecular weight is 384 g/mol. The van der Waals surface area contributed by atoms with E-state index in [-0.39, 0.29) is 16.4 Å². The third-order valence-electron chi connectivity index (χ3n) is 3.93. The first-order valence-corrected chi connectivity index (χ1v) is 8.28. The fourth-order valence-electron chi connectivity index (χ4n) is 2.58. The molecule has 2 amide bonds. The van der Waals surface area contributed by atoms with Gasteiger partial charge in [-0.05, 0) is 48.1 Å². The van der Waals surface area contributed by atoms with Crippen LogP contribution in [-0.2, 0) is 9.59 Å².